The van der Waals surface area contributed by atoms with Crippen molar-refractivity contribution in [2.75, 3.05) is 25.1 Å². The number of aliphatic hydroxyl groups excluding tert-OH is 1. The molecule has 0 amide bonds. The fourth-order valence-electron chi connectivity index (χ4n) is 2.40. The molecule has 0 bridgehead atoms. The molecule has 1 heterocycles. The maximum Gasteiger partial charge on any atom is 0.238 e. The normalized spacial score (nSPS) is 10.8. The number of aliphatic hydroxyl groups is 1. The van der Waals surface area contributed by atoms with E-state index in [1.54, 1.807) is 6.08 Å². The zero-order chi connectivity index (χ0) is 18.9. The lowest BCUT2D eigenvalue weighted by atomic mass is 10.1. The van der Waals surface area contributed by atoms with E-state index >= 15 is 0 Å². The highest BCUT2D eigenvalue weighted by atomic mass is 16.3. The Kier molecular flexibility index (Phi) is 6.95. The van der Waals surface area contributed by atoms with E-state index in [0.717, 1.165) is 16.8 Å². The van der Waals surface area contributed by atoms with Crippen LogP contribution in [0.4, 0.5) is 5.69 Å². The highest BCUT2D eigenvalue weighted by Crippen LogP contribution is 2.23. The minimum atomic E-state index is 0.106. The van der Waals surface area contributed by atoms with Gasteiger partial charge in [0.05, 0.1) is 6.61 Å². The van der Waals surface area contributed by atoms with Crippen LogP contribution in [0, 0.1) is 11.3 Å². The van der Waals surface area contributed by atoms with Crippen LogP contribution in [0.2, 0.25) is 0 Å². The van der Waals surface area contributed by atoms with Crippen molar-refractivity contribution in [3.63, 3.8) is 0 Å². The fourth-order valence-corrected chi connectivity index (χ4v) is 2.40. The maximum atomic E-state index is 9.42. The van der Waals surface area contributed by atoms with Crippen LogP contribution in [0.3, 0.4) is 0 Å². The quantitative estimate of drug-likeness (QED) is 0.693. The standard InChI is InChI=1S/C19H17N3O2.C2H6/c1-22(10-11-23)16-8-6-14(7-9-16)12-15(13-20)19-21-17-4-2-3-5-18(17)24-19;1-2/h2-9,12,23H,10-11H2,1H3;1-2H3/b15-12+;. The number of nitriles is 1. The lowest BCUT2D eigenvalue weighted by molar-refractivity contribution is 0.304. The monoisotopic (exact) mass is 349 g/mol. The second kappa shape index (κ2) is 9.40. The molecule has 2 aromatic carbocycles. The van der Waals surface area contributed by atoms with Gasteiger partial charge >= 0.3 is 0 Å². The van der Waals surface area contributed by atoms with Crippen LogP contribution in [-0.4, -0.2) is 30.3 Å². The molecular weight excluding hydrogens is 326 g/mol. The largest absolute Gasteiger partial charge is 0.435 e. The third-order valence-corrected chi connectivity index (χ3v) is 3.73. The van der Waals surface area contributed by atoms with Crippen LogP contribution in [0.5, 0.6) is 0 Å². The van der Waals surface area contributed by atoms with E-state index < -0.39 is 0 Å². The first-order chi connectivity index (χ1) is 12.7. The summed E-state index contributed by atoms with van der Waals surface area (Å²) in [6.07, 6.45) is 1.75. The van der Waals surface area contributed by atoms with Crippen LogP contribution in [-0.2, 0) is 0 Å². The molecule has 1 aromatic heterocycles. The van der Waals surface area contributed by atoms with Gasteiger partial charge in [-0.05, 0) is 35.9 Å². The average Bonchev–Trinajstić information content (AvgIpc) is 3.12. The summed E-state index contributed by atoms with van der Waals surface area (Å²) >= 11 is 0. The van der Waals surface area contributed by atoms with Crippen molar-refractivity contribution in [3.8, 4) is 6.07 Å². The van der Waals surface area contributed by atoms with Gasteiger partial charge in [0.2, 0.25) is 5.89 Å². The minimum absolute atomic E-state index is 0.106. The maximum absolute atomic E-state index is 9.42. The van der Waals surface area contributed by atoms with E-state index in [-0.39, 0.29) is 6.61 Å². The molecule has 3 rings (SSSR count). The number of allylic oxidation sites excluding steroid dienone is 1. The zero-order valence-corrected chi connectivity index (χ0v) is 15.3. The molecule has 134 valence electrons. The summed E-state index contributed by atoms with van der Waals surface area (Å²) in [6.45, 7) is 4.68. The molecule has 0 radical (unpaired) electrons. The summed E-state index contributed by atoms with van der Waals surface area (Å²) in [5.41, 5.74) is 3.66. The molecular formula is C21H23N3O2. The number of likely N-dealkylation sites (N-methyl/N-ethyl adjacent to an activating group) is 1. The van der Waals surface area contributed by atoms with Crippen LogP contribution < -0.4 is 4.90 Å². The SMILES string of the molecule is CC.CN(CCO)c1ccc(/C=C(\C#N)c2nc3ccccc3o2)cc1. The third-order valence-electron chi connectivity index (χ3n) is 3.73. The highest BCUT2D eigenvalue weighted by molar-refractivity contribution is 5.88. The Morgan fingerprint density at radius 1 is 1.19 bits per heavy atom. The molecule has 5 heteroatoms. The van der Waals surface area contributed by atoms with Crippen molar-refractivity contribution in [3.05, 3.63) is 60.0 Å². The van der Waals surface area contributed by atoms with Crippen molar-refractivity contribution in [1.29, 1.82) is 5.26 Å². The number of fused-ring (bicyclic) bond motifs is 1. The summed E-state index contributed by atoms with van der Waals surface area (Å²) in [6, 6.07) is 17.3. The molecule has 1 N–H and O–H groups in total. The van der Waals surface area contributed by atoms with E-state index in [9.17, 15) is 5.26 Å². The van der Waals surface area contributed by atoms with Gasteiger partial charge in [-0.25, -0.2) is 4.98 Å². The zero-order valence-electron chi connectivity index (χ0n) is 15.3. The molecule has 0 fully saturated rings. The summed E-state index contributed by atoms with van der Waals surface area (Å²) in [5, 5.41) is 18.4. The summed E-state index contributed by atoms with van der Waals surface area (Å²) in [4.78, 5) is 6.31. The molecule has 0 unspecified atom stereocenters. The summed E-state index contributed by atoms with van der Waals surface area (Å²) in [5.74, 6) is 0.320. The Morgan fingerprint density at radius 2 is 1.88 bits per heavy atom. The molecule has 5 nitrogen and oxygen atoms in total. The first-order valence-electron chi connectivity index (χ1n) is 8.61. The smallest absolute Gasteiger partial charge is 0.238 e. The van der Waals surface area contributed by atoms with E-state index in [0.29, 0.717) is 23.6 Å². The number of benzene rings is 2. The lowest BCUT2D eigenvalue weighted by Crippen LogP contribution is -2.20. The molecule has 0 atom stereocenters. The molecule has 26 heavy (non-hydrogen) atoms. The number of rotatable bonds is 5. The second-order valence-corrected chi connectivity index (χ2v) is 5.39. The third kappa shape index (κ3) is 4.50. The molecule has 0 aliphatic rings. The predicted octanol–water partition coefficient (Wildman–Crippen LogP) is 4.35. The molecule has 0 spiro atoms. The van der Waals surface area contributed by atoms with E-state index in [4.69, 9.17) is 9.52 Å². The predicted molar refractivity (Wildman–Crippen MR) is 106 cm³/mol. The minimum Gasteiger partial charge on any atom is -0.435 e. The Bertz CT molecular complexity index is 872. The highest BCUT2D eigenvalue weighted by Gasteiger charge is 2.10. The number of aromatic nitrogens is 1. The van der Waals surface area contributed by atoms with Crippen LogP contribution in [0.1, 0.15) is 25.3 Å². The van der Waals surface area contributed by atoms with Crippen molar-refractivity contribution < 1.29 is 9.52 Å². The van der Waals surface area contributed by atoms with E-state index in [1.807, 2.05) is 74.3 Å². The first-order valence-corrected chi connectivity index (χ1v) is 8.61. The van der Waals surface area contributed by atoms with Crippen molar-refractivity contribution in [2.45, 2.75) is 13.8 Å². The fraction of sp³-hybridized carbons (Fsp3) is 0.238. The van der Waals surface area contributed by atoms with Gasteiger partial charge in [0, 0.05) is 19.3 Å². The Balaban J connectivity index is 0.00000117. The van der Waals surface area contributed by atoms with E-state index in [1.165, 1.54) is 0 Å². The van der Waals surface area contributed by atoms with Crippen LogP contribution >= 0.6 is 0 Å². The van der Waals surface area contributed by atoms with Gasteiger partial charge in [-0.2, -0.15) is 5.26 Å². The van der Waals surface area contributed by atoms with Crippen molar-refractivity contribution in [2.24, 2.45) is 0 Å². The molecule has 0 saturated heterocycles. The lowest BCUT2D eigenvalue weighted by Gasteiger charge is -2.17. The first kappa shape index (κ1) is 19.2. The Labute approximate surface area is 153 Å². The number of para-hydroxylation sites is 2. The summed E-state index contributed by atoms with van der Waals surface area (Å²) < 4.78 is 5.65. The van der Waals surface area contributed by atoms with Gasteiger partial charge in [-0.1, -0.05) is 38.1 Å². The van der Waals surface area contributed by atoms with Gasteiger partial charge in [0.1, 0.15) is 17.2 Å². The van der Waals surface area contributed by atoms with E-state index in [2.05, 4.69) is 11.1 Å². The van der Waals surface area contributed by atoms with Gasteiger partial charge in [-0.15, -0.1) is 0 Å². The Morgan fingerprint density at radius 3 is 2.50 bits per heavy atom. The summed E-state index contributed by atoms with van der Waals surface area (Å²) in [7, 11) is 1.92. The van der Waals surface area contributed by atoms with Gasteiger partial charge in [0.15, 0.2) is 5.58 Å². The molecule has 0 aliphatic heterocycles. The number of oxazole rings is 1. The Hall–Kier alpha value is -3.10. The number of hydrogen-bond donors (Lipinski definition) is 1. The van der Waals surface area contributed by atoms with Crippen molar-refractivity contribution in [1.82, 2.24) is 4.98 Å². The van der Waals surface area contributed by atoms with Crippen molar-refractivity contribution >= 4 is 28.4 Å². The van der Waals surface area contributed by atoms with Gasteiger partial charge in [-0.3, -0.25) is 0 Å². The van der Waals surface area contributed by atoms with Gasteiger partial charge < -0.3 is 14.4 Å². The molecule has 0 aliphatic carbocycles. The van der Waals surface area contributed by atoms with Crippen LogP contribution in [0.15, 0.2) is 52.9 Å². The molecule has 0 saturated carbocycles. The second-order valence-electron chi connectivity index (χ2n) is 5.39. The van der Waals surface area contributed by atoms with Crippen LogP contribution in [0.25, 0.3) is 22.7 Å². The number of anilines is 1. The average molecular weight is 349 g/mol. The van der Waals surface area contributed by atoms with Gasteiger partial charge in [0.25, 0.3) is 0 Å². The number of nitrogens with zero attached hydrogens (tertiary/aromatic N) is 3. The topological polar surface area (TPSA) is 73.3 Å². The molecule has 3 aromatic rings. The number of hydrogen-bond acceptors (Lipinski definition) is 5.